The summed E-state index contributed by atoms with van der Waals surface area (Å²) in [5.74, 6) is 0.716. The van der Waals surface area contributed by atoms with Crippen LogP contribution in [0.2, 0.25) is 0 Å². The number of imide groups is 1. The number of nitrogens with two attached hydrogens (primary N) is 1. The lowest BCUT2D eigenvalue weighted by molar-refractivity contribution is 0.0608. The summed E-state index contributed by atoms with van der Waals surface area (Å²) in [6.07, 6.45) is 4.65. The number of rotatable bonds is 2. The van der Waals surface area contributed by atoms with E-state index in [1.165, 1.54) is 17.7 Å². The minimum atomic E-state index is -0.221. The molecule has 20 heavy (non-hydrogen) atoms. The van der Waals surface area contributed by atoms with E-state index in [-0.39, 0.29) is 11.8 Å². The maximum Gasteiger partial charge on any atom is 0.263 e. The van der Waals surface area contributed by atoms with Crippen molar-refractivity contribution in [2.45, 2.75) is 32.6 Å². The second-order valence-electron chi connectivity index (χ2n) is 6.13. The van der Waals surface area contributed by atoms with Crippen molar-refractivity contribution in [1.82, 2.24) is 4.90 Å². The van der Waals surface area contributed by atoms with Crippen LogP contribution in [0.25, 0.3) is 0 Å². The van der Waals surface area contributed by atoms with Crippen LogP contribution in [0.5, 0.6) is 0 Å². The highest BCUT2D eigenvalue weighted by molar-refractivity contribution is 6.23. The third-order valence-corrected chi connectivity index (χ3v) is 4.52. The number of nitrogens with zero attached hydrogens (tertiary/aromatic N) is 1. The van der Waals surface area contributed by atoms with E-state index in [0.717, 1.165) is 12.8 Å². The highest BCUT2D eigenvalue weighted by Crippen LogP contribution is 2.33. The Morgan fingerprint density at radius 3 is 2.75 bits per heavy atom. The van der Waals surface area contributed by atoms with Gasteiger partial charge in [0.1, 0.15) is 0 Å². The maximum absolute atomic E-state index is 12.4. The molecule has 2 amide bonds. The second-order valence-corrected chi connectivity index (χ2v) is 6.13. The zero-order chi connectivity index (χ0) is 14.3. The summed E-state index contributed by atoms with van der Waals surface area (Å²) in [5, 5.41) is 0. The van der Waals surface area contributed by atoms with E-state index in [1.807, 2.05) is 0 Å². The van der Waals surface area contributed by atoms with Crippen molar-refractivity contribution in [1.29, 1.82) is 0 Å². The number of nitrogen functional groups attached to an aromatic ring is 1. The molecule has 2 unspecified atom stereocenters. The molecule has 1 saturated carbocycles. The van der Waals surface area contributed by atoms with Crippen molar-refractivity contribution in [3.05, 3.63) is 29.3 Å². The third-order valence-electron chi connectivity index (χ3n) is 4.52. The monoisotopic (exact) mass is 272 g/mol. The number of amides is 2. The molecule has 1 aromatic carbocycles. The molecule has 2 N–H and O–H groups in total. The van der Waals surface area contributed by atoms with Crippen LogP contribution in [0, 0.1) is 11.8 Å². The van der Waals surface area contributed by atoms with Gasteiger partial charge < -0.3 is 5.73 Å². The van der Waals surface area contributed by atoms with Gasteiger partial charge in [0.2, 0.25) is 0 Å². The number of hydrogen-bond acceptors (Lipinski definition) is 3. The topological polar surface area (TPSA) is 63.4 Å². The molecule has 0 radical (unpaired) electrons. The lowest BCUT2D eigenvalue weighted by Gasteiger charge is -2.29. The summed E-state index contributed by atoms with van der Waals surface area (Å²) in [5.41, 5.74) is 7.09. The first kappa shape index (κ1) is 13.2. The molecule has 2 atom stereocenters. The fraction of sp³-hybridized carbons (Fsp3) is 0.500. The average Bonchev–Trinajstić information content (AvgIpc) is 2.65. The highest BCUT2D eigenvalue weighted by atomic mass is 16.2. The Hall–Kier alpha value is -1.84. The summed E-state index contributed by atoms with van der Waals surface area (Å²) in [7, 11) is 0. The molecule has 3 rings (SSSR count). The van der Waals surface area contributed by atoms with Gasteiger partial charge in [-0.05, 0) is 36.8 Å². The summed E-state index contributed by atoms with van der Waals surface area (Å²) >= 11 is 0. The van der Waals surface area contributed by atoms with E-state index in [2.05, 4.69) is 6.92 Å². The fourth-order valence-electron chi connectivity index (χ4n) is 3.51. The lowest BCUT2D eigenvalue weighted by Crippen LogP contribution is -2.36. The molecule has 2 aliphatic rings. The molecule has 1 heterocycles. The van der Waals surface area contributed by atoms with Gasteiger partial charge in [0.15, 0.2) is 0 Å². The first-order valence-electron chi connectivity index (χ1n) is 7.32. The molecule has 106 valence electrons. The summed E-state index contributed by atoms with van der Waals surface area (Å²) in [6.45, 7) is 2.78. The normalized spacial score (nSPS) is 25.9. The third kappa shape index (κ3) is 2.09. The first-order valence-corrected chi connectivity index (χ1v) is 7.32. The van der Waals surface area contributed by atoms with Gasteiger partial charge in [0.25, 0.3) is 11.8 Å². The number of carbonyl (C=O) groups is 2. The predicted octanol–water partition coefficient (Wildman–Crippen LogP) is 2.69. The van der Waals surface area contributed by atoms with Crippen molar-refractivity contribution in [2.24, 2.45) is 11.8 Å². The van der Waals surface area contributed by atoms with Gasteiger partial charge in [-0.2, -0.15) is 0 Å². The van der Waals surface area contributed by atoms with Crippen LogP contribution in [-0.2, 0) is 0 Å². The van der Waals surface area contributed by atoms with Gasteiger partial charge in [-0.3, -0.25) is 14.5 Å². The molecule has 0 saturated heterocycles. The van der Waals surface area contributed by atoms with Gasteiger partial charge in [0.05, 0.1) is 11.1 Å². The molecule has 1 fully saturated rings. The van der Waals surface area contributed by atoms with Crippen LogP contribution in [0.3, 0.4) is 0 Å². The number of anilines is 1. The Balaban J connectivity index is 1.81. The molecule has 1 aliphatic heterocycles. The summed E-state index contributed by atoms with van der Waals surface area (Å²) in [6, 6.07) is 5.09. The Labute approximate surface area is 118 Å². The van der Waals surface area contributed by atoms with Crippen molar-refractivity contribution in [3.8, 4) is 0 Å². The van der Waals surface area contributed by atoms with Crippen molar-refractivity contribution < 1.29 is 9.59 Å². The summed E-state index contributed by atoms with van der Waals surface area (Å²) in [4.78, 5) is 26.2. The number of carbonyl (C=O) groups excluding carboxylic acids is 2. The molecule has 0 bridgehead atoms. The van der Waals surface area contributed by atoms with Crippen molar-refractivity contribution in [2.75, 3.05) is 12.3 Å². The molecule has 4 nitrogen and oxygen atoms in total. The van der Waals surface area contributed by atoms with Crippen molar-refractivity contribution in [3.63, 3.8) is 0 Å². The zero-order valence-electron chi connectivity index (χ0n) is 11.8. The average molecular weight is 272 g/mol. The molecular formula is C16H20N2O2. The quantitative estimate of drug-likeness (QED) is 0.665. The van der Waals surface area contributed by atoms with E-state index in [9.17, 15) is 9.59 Å². The Kier molecular flexibility index (Phi) is 3.24. The number of benzene rings is 1. The van der Waals surface area contributed by atoms with E-state index < -0.39 is 0 Å². The van der Waals surface area contributed by atoms with E-state index >= 15 is 0 Å². The minimum Gasteiger partial charge on any atom is -0.398 e. The first-order chi connectivity index (χ1) is 9.58. The number of hydrogen-bond donors (Lipinski definition) is 1. The molecule has 0 spiro atoms. The van der Waals surface area contributed by atoms with E-state index in [0.29, 0.717) is 35.2 Å². The minimum absolute atomic E-state index is 0.185. The SMILES string of the molecule is CC1CCCC(CN2C(=O)c3cccc(N)c3C2=O)C1. The maximum atomic E-state index is 12.4. The van der Waals surface area contributed by atoms with Gasteiger partial charge in [0, 0.05) is 12.2 Å². The number of fused-ring (bicyclic) bond motifs is 1. The van der Waals surface area contributed by atoms with Gasteiger partial charge in [-0.15, -0.1) is 0 Å². The highest BCUT2D eigenvalue weighted by Gasteiger charge is 2.38. The Bertz CT molecular complexity index is 568. The Morgan fingerprint density at radius 2 is 2.05 bits per heavy atom. The van der Waals surface area contributed by atoms with Gasteiger partial charge >= 0.3 is 0 Å². The molecular weight excluding hydrogens is 252 g/mol. The molecule has 1 aliphatic carbocycles. The van der Waals surface area contributed by atoms with Crippen LogP contribution < -0.4 is 5.73 Å². The largest absolute Gasteiger partial charge is 0.398 e. The van der Waals surface area contributed by atoms with Crippen molar-refractivity contribution >= 4 is 17.5 Å². The lowest BCUT2D eigenvalue weighted by atomic mass is 9.82. The van der Waals surface area contributed by atoms with Gasteiger partial charge in [-0.25, -0.2) is 0 Å². The van der Waals surface area contributed by atoms with Crippen LogP contribution in [0.4, 0.5) is 5.69 Å². The van der Waals surface area contributed by atoms with Crippen LogP contribution in [0.1, 0.15) is 53.3 Å². The fourth-order valence-corrected chi connectivity index (χ4v) is 3.51. The van der Waals surface area contributed by atoms with E-state index in [1.54, 1.807) is 18.2 Å². The summed E-state index contributed by atoms with van der Waals surface area (Å²) < 4.78 is 0. The Morgan fingerprint density at radius 1 is 1.25 bits per heavy atom. The van der Waals surface area contributed by atoms with Crippen LogP contribution in [-0.4, -0.2) is 23.3 Å². The molecule has 4 heteroatoms. The van der Waals surface area contributed by atoms with Crippen LogP contribution in [0.15, 0.2) is 18.2 Å². The van der Waals surface area contributed by atoms with E-state index in [4.69, 9.17) is 5.73 Å². The molecule has 0 aromatic heterocycles. The second kappa shape index (κ2) is 4.93. The zero-order valence-corrected chi connectivity index (χ0v) is 11.8. The van der Waals surface area contributed by atoms with Gasteiger partial charge in [-0.1, -0.05) is 25.8 Å². The smallest absolute Gasteiger partial charge is 0.263 e. The predicted molar refractivity (Wildman–Crippen MR) is 77.3 cm³/mol. The standard InChI is InChI=1S/C16H20N2O2/c1-10-4-2-5-11(8-10)9-18-15(19)12-6-3-7-13(17)14(12)16(18)20/h3,6-7,10-11H,2,4-5,8-9,17H2,1H3. The molecule has 1 aromatic rings. The van der Waals surface area contributed by atoms with Crippen LogP contribution >= 0.6 is 0 Å².